The fourth-order valence-electron chi connectivity index (χ4n) is 2.40. The van der Waals surface area contributed by atoms with E-state index in [1.165, 1.54) is 5.56 Å². The number of nitrogens with one attached hydrogen (secondary N) is 2. The van der Waals surface area contributed by atoms with E-state index in [2.05, 4.69) is 34.7 Å². The van der Waals surface area contributed by atoms with Crippen LogP contribution in [0.1, 0.15) is 18.1 Å². The summed E-state index contributed by atoms with van der Waals surface area (Å²) in [6.45, 7) is 4.32. The average Bonchev–Trinajstić information content (AvgIpc) is 2.66. The van der Waals surface area contributed by atoms with Gasteiger partial charge in [0.05, 0.1) is 20.8 Å². The fourth-order valence-corrected chi connectivity index (χ4v) is 2.40. The summed E-state index contributed by atoms with van der Waals surface area (Å²) >= 11 is 0. The normalized spacial score (nSPS) is 11.1. The molecule has 2 aromatic carbocycles. The smallest absolute Gasteiger partial charge is 0.191 e. The van der Waals surface area contributed by atoms with Crippen molar-refractivity contribution in [1.82, 2.24) is 10.6 Å². The minimum atomic E-state index is 0.623. The predicted octanol–water partition coefficient (Wildman–Crippen LogP) is 3.00. The zero-order chi connectivity index (χ0) is 17.9. The van der Waals surface area contributed by atoms with Gasteiger partial charge >= 0.3 is 0 Å². The molecule has 25 heavy (non-hydrogen) atoms. The standard InChI is InChI=1S/C20H27N3O2/c1-4-21-20(23-15-17-8-10-18(24-2)11-9-17)22-13-12-16-6-5-7-19(14-16)25-3/h5-11,14H,4,12-13,15H2,1-3H3,(H2,21,22,23). The molecule has 0 spiro atoms. The van der Waals surface area contributed by atoms with Crippen LogP contribution in [0.4, 0.5) is 0 Å². The van der Waals surface area contributed by atoms with Gasteiger partial charge in [0.15, 0.2) is 5.96 Å². The first-order valence-electron chi connectivity index (χ1n) is 8.53. The van der Waals surface area contributed by atoms with Crippen molar-refractivity contribution in [2.75, 3.05) is 27.3 Å². The molecular weight excluding hydrogens is 314 g/mol. The highest BCUT2D eigenvalue weighted by atomic mass is 16.5. The summed E-state index contributed by atoms with van der Waals surface area (Å²) in [6.07, 6.45) is 0.907. The Labute approximate surface area is 150 Å². The van der Waals surface area contributed by atoms with Gasteiger partial charge in [0, 0.05) is 13.1 Å². The monoisotopic (exact) mass is 341 g/mol. The van der Waals surface area contributed by atoms with E-state index in [4.69, 9.17) is 9.47 Å². The second kappa shape index (κ2) is 10.2. The quantitative estimate of drug-likeness (QED) is 0.572. The van der Waals surface area contributed by atoms with Crippen molar-refractivity contribution >= 4 is 5.96 Å². The molecule has 0 bridgehead atoms. The van der Waals surface area contributed by atoms with Gasteiger partial charge in [0.1, 0.15) is 11.5 Å². The maximum Gasteiger partial charge on any atom is 0.191 e. The maximum atomic E-state index is 5.26. The SMILES string of the molecule is CCNC(=NCc1ccc(OC)cc1)NCCc1cccc(OC)c1. The maximum absolute atomic E-state index is 5.26. The van der Waals surface area contributed by atoms with Crippen LogP contribution in [-0.2, 0) is 13.0 Å². The third-order valence-corrected chi connectivity index (χ3v) is 3.76. The zero-order valence-electron chi connectivity index (χ0n) is 15.2. The zero-order valence-corrected chi connectivity index (χ0v) is 15.2. The number of benzene rings is 2. The molecule has 2 N–H and O–H groups in total. The van der Waals surface area contributed by atoms with E-state index in [-0.39, 0.29) is 0 Å². The van der Waals surface area contributed by atoms with Crippen LogP contribution in [0, 0.1) is 0 Å². The van der Waals surface area contributed by atoms with E-state index in [0.717, 1.165) is 42.5 Å². The van der Waals surface area contributed by atoms with Crippen molar-refractivity contribution in [2.45, 2.75) is 19.9 Å². The van der Waals surface area contributed by atoms with Crippen LogP contribution in [0.5, 0.6) is 11.5 Å². The van der Waals surface area contributed by atoms with Crippen molar-refractivity contribution in [3.8, 4) is 11.5 Å². The van der Waals surface area contributed by atoms with Crippen LogP contribution in [0.3, 0.4) is 0 Å². The van der Waals surface area contributed by atoms with Crippen LogP contribution >= 0.6 is 0 Å². The van der Waals surface area contributed by atoms with E-state index >= 15 is 0 Å². The van der Waals surface area contributed by atoms with Gasteiger partial charge < -0.3 is 20.1 Å². The number of hydrogen-bond acceptors (Lipinski definition) is 3. The van der Waals surface area contributed by atoms with Crippen molar-refractivity contribution in [1.29, 1.82) is 0 Å². The molecule has 0 radical (unpaired) electrons. The molecule has 2 aromatic rings. The lowest BCUT2D eigenvalue weighted by atomic mass is 10.1. The molecule has 0 aromatic heterocycles. The highest BCUT2D eigenvalue weighted by Crippen LogP contribution is 2.13. The molecule has 0 unspecified atom stereocenters. The molecule has 5 heteroatoms. The van der Waals surface area contributed by atoms with E-state index in [1.54, 1.807) is 14.2 Å². The predicted molar refractivity (Wildman–Crippen MR) is 103 cm³/mol. The average molecular weight is 341 g/mol. The third kappa shape index (κ3) is 6.37. The Hall–Kier alpha value is -2.69. The molecule has 0 aliphatic carbocycles. The van der Waals surface area contributed by atoms with E-state index in [1.807, 2.05) is 36.4 Å². The highest BCUT2D eigenvalue weighted by Gasteiger charge is 2.00. The van der Waals surface area contributed by atoms with Gasteiger partial charge in [-0.25, -0.2) is 4.99 Å². The first kappa shape index (κ1) is 18.6. The van der Waals surface area contributed by atoms with Crippen LogP contribution in [0.2, 0.25) is 0 Å². The molecule has 0 fully saturated rings. The van der Waals surface area contributed by atoms with Gasteiger partial charge in [-0.15, -0.1) is 0 Å². The number of ether oxygens (including phenoxy) is 2. The molecule has 5 nitrogen and oxygen atoms in total. The Morgan fingerprint density at radius 2 is 1.68 bits per heavy atom. The molecule has 0 aliphatic heterocycles. The van der Waals surface area contributed by atoms with Gasteiger partial charge in [-0.2, -0.15) is 0 Å². The molecule has 0 saturated carbocycles. The lowest BCUT2D eigenvalue weighted by Gasteiger charge is -2.12. The summed E-state index contributed by atoms with van der Waals surface area (Å²) in [4.78, 5) is 4.63. The third-order valence-electron chi connectivity index (χ3n) is 3.76. The minimum absolute atomic E-state index is 0.623. The Kier molecular flexibility index (Phi) is 7.63. The first-order chi connectivity index (χ1) is 12.2. The van der Waals surface area contributed by atoms with Gasteiger partial charge in [-0.05, 0) is 48.7 Å². The number of nitrogens with zero attached hydrogens (tertiary/aromatic N) is 1. The minimum Gasteiger partial charge on any atom is -0.497 e. The van der Waals surface area contributed by atoms with E-state index < -0.39 is 0 Å². The molecule has 2 rings (SSSR count). The molecule has 0 saturated heterocycles. The van der Waals surface area contributed by atoms with Crippen molar-refractivity contribution in [3.63, 3.8) is 0 Å². The van der Waals surface area contributed by atoms with Gasteiger partial charge in [-0.1, -0.05) is 24.3 Å². The first-order valence-corrected chi connectivity index (χ1v) is 8.53. The topological polar surface area (TPSA) is 54.9 Å². The highest BCUT2D eigenvalue weighted by molar-refractivity contribution is 5.79. The Bertz CT molecular complexity index is 669. The van der Waals surface area contributed by atoms with Gasteiger partial charge in [-0.3, -0.25) is 0 Å². The number of aliphatic imine (C=N–C) groups is 1. The molecule has 0 aliphatic rings. The number of methoxy groups -OCH3 is 2. The summed E-state index contributed by atoms with van der Waals surface area (Å²) in [6, 6.07) is 16.1. The Balaban J connectivity index is 1.88. The molecule has 0 amide bonds. The molecule has 0 heterocycles. The summed E-state index contributed by atoms with van der Waals surface area (Å²) in [7, 11) is 3.36. The lowest BCUT2D eigenvalue weighted by Crippen LogP contribution is -2.38. The summed E-state index contributed by atoms with van der Waals surface area (Å²) in [5, 5.41) is 6.65. The second-order valence-electron chi connectivity index (χ2n) is 5.57. The second-order valence-corrected chi connectivity index (χ2v) is 5.57. The summed E-state index contributed by atoms with van der Waals surface area (Å²) < 4.78 is 10.4. The van der Waals surface area contributed by atoms with Crippen LogP contribution in [0.15, 0.2) is 53.5 Å². The lowest BCUT2D eigenvalue weighted by molar-refractivity contribution is 0.414. The van der Waals surface area contributed by atoms with Crippen molar-refractivity contribution < 1.29 is 9.47 Å². The molecule has 0 atom stereocenters. The number of guanidine groups is 1. The van der Waals surface area contributed by atoms with Gasteiger partial charge in [0.25, 0.3) is 0 Å². The van der Waals surface area contributed by atoms with Crippen molar-refractivity contribution in [2.24, 2.45) is 4.99 Å². The Morgan fingerprint density at radius 1 is 0.920 bits per heavy atom. The molecular formula is C20H27N3O2. The van der Waals surface area contributed by atoms with E-state index in [9.17, 15) is 0 Å². The number of rotatable bonds is 8. The molecule has 134 valence electrons. The Morgan fingerprint density at radius 3 is 2.36 bits per heavy atom. The summed E-state index contributed by atoms with van der Waals surface area (Å²) in [5.41, 5.74) is 2.38. The van der Waals surface area contributed by atoms with Gasteiger partial charge in [0.2, 0.25) is 0 Å². The van der Waals surface area contributed by atoms with Crippen LogP contribution < -0.4 is 20.1 Å². The summed E-state index contributed by atoms with van der Waals surface area (Å²) in [5.74, 6) is 2.56. The fraction of sp³-hybridized carbons (Fsp3) is 0.350. The van der Waals surface area contributed by atoms with Crippen LogP contribution in [0.25, 0.3) is 0 Å². The van der Waals surface area contributed by atoms with Crippen LogP contribution in [-0.4, -0.2) is 33.3 Å². The van der Waals surface area contributed by atoms with E-state index in [0.29, 0.717) is 6.54 Å². The number of hydrogen-bond donors (Lipinski definition) is 2. The van der Waals surface area contributed by atoms with Crippen molar-refractivity contribution in [3.05, 3.63) is 59.7 Å². The largest absolute Gasteiger partial charge is 0.497 e.